The van der Waals surface area contributed by atoms with Gasteiger partial charge in [-0.15, -0.1) is 0 Å². The van der Waals surface area contributed by atoms with Crippen molar-refractivity contribution in [2.45, 2.75) is 20.4 Å². The van der Waals surface area contributed by atoms with E-state index in [1.54, 1.807) is 4.90 Å². The van der Waals surface area contributed by atoms with Gasteiger partial charge in [0.2, 0.25) is 0 Å². The summed E-state index contributed by atoms with van der Waals surface area (Å²) >= 11 is 0. The van der Waals surface area contributed by atoms with Crippen LogP contribution in [0.5, 0.6) is 0 Å². The quantitative estimate of drug-likeness (QED) is 0.721. The summed E-state index contributed by atoms with van der Waals surface area (Å²) in [6, 6.07) is 8.61. The molecule has 0 saturated heterocycles. The molecule has 0 aliphatic heterocycles. The van der Waals surface area contributed by atoms with Gasteiger partial charge in [0, 0.05) is 5.56 Å². The average Bonchev–Trinajstić information content (AvgIpc) is 2.26. The van der Waals surface area contributed by atoms with Crippen LogP contribution in [0.25, 0.3) is 6.08 Å². The molecule has 1 nitrogen and oxygen atoms in total. The van der Waals surface area contributed by atoms with Gasteiger partial charge in [-0.3, -0.25) is 0 Å². The van der Waals surface area contributed by atoms with Gasteiger partial charge < -0.3 is 4.90 Å². The normalized spacial score (nSPS) is 10.5. The van der Waals surface area contributed by atoms with Gasteiger partial charge in [0.25, 0.3) is 0 Å². The number of hydrogen-bond acceptors (Lipinski definition) is 0. The second-order valence-electron chi connectivity index (χ2n) is 3.58. The zero-order valence-electron chi connectivity index (χ0n) is 9.22. The maximum absolute atomic E-state index is 3.78. The molecule has 0 aromatic heterocycles. The third kappa shape index (κ3) is 3.00. The molecular formula is C13H20N+. The summed E-state index contributed by atoms with van der Waals surface area (Å²) in [7, 11) is 0. The molecule has 1 heteroatoms. The van der Waals surface area contributed by atoms with E-state index in [1.807, 2.05) is 6.08 Å². The van der Waals surface area contributed by atoms with Crippen molar-refractivity contribution in [3.05, 3.63) is 42.0 Å². The Morgan fingerprint density at radius 3 is 2.57 bits per heavy atom. The minimum Gasteiger partial charge on any atom is -0.332 e. The van der Waals surface area contributed by atoms with Crippen molar-refractivity contribution in [3.8, 4) is 0 Å². The highest BCUT2D eigenvalue weighted by Crippen LogP contribution is 2.04. The van der Waals surface area contributed by atoms with Gasteiger partial charge >= 0.3 is 0 Å². The predicted molar refractivity (Wildman–Crippen MR) is 62.3 cm³/mol. The highest BCUT2D eigenvalue weighted by atomic mass is 15.1. The van der Waals surface area contributed by atoms with E-state index in [2.05, 4.69) is 44.7 Å². The van der Waals surface area contributed by atoms with Gasteiger partial charge in [-0.1, -0.05) is 30.9 Å². The van der Waals surface area contributed by atoms with E-state index >= 15 is 0 Å². The molecule has 0 aliphatic carbocycles. The van der Waals surface area contributed by atoms with Crippen LogP contribution < -0.4 is 4.90 Å². The van der Waals surface area contributed by atoms with Crippen LogP contribution in [0.3, 0.4) is 0 Å². The van der Waals surface area contributed by atoms with Crippen LogP contribution in [0, 0.1) is 0 Å². The molecule has 0 amide bonds. The monoisotopic (exact) mass is 190 g/mol. The van der Waals surface area contributed by atoms with Crippen molar-refractivity contribution in [1.82, 2.24) is 0 Å². The second kappa shape index (κ2) is 5.61. The molecule has 0 spiro atoms. The summed E-state index contributed by atoms with van der Waals surface area (Å²) in [6.07, 6.45) is 1.90. The molecule has 0 radical (unpaired) electrons. The highest BCUT2D eigenvalue weighted by molar-refractivity contribution is 5.47. The van der Waals surface area contributed by atoms with E-state index in [-0.39, 0.29) is 0 Å². The first-order valence-corrected chi connectivity index (χ1v) is 5.35. The molecule has 0 unspecified atom stereocenters. The molecule has 0 bridgehead atoms. The summed E-state index contributed by atoms with van der Waals surface area (Å²) in [4.78, 5) is 1.62. The summed E-state index contributed by atoms with van der Waals surface area (Å²) < 4.78 is 0. The Bertz CT molecular complexity index is 287. The molecule has 76 valence electrons. The first kappa shape index (κ1) is 11.0. The lowest BCUT2D eigenvalue weighted by molar-refractivity contribution is -0.910. The van der Waals surface area contributed by atoms with Gasteiger partial charge in [0.05, 0.1) is 13.1 Å². The lowest BCUT2D eigenvalue weighted by Gasteiger charge is -2.15. The largest absolute Gasteiger partial charge is 0.332 e. The summed E-state index contributed by atoms with van der Waals surface area (Å²) in [6.45, 7) is 11.7. The molecular weight excluding hydrogens is 170 g/mol. The number of rotatable bonds is 5. The van der Waals surface area contributed by atoms with Gasteiger partial charge in [0.15, 0.2) is 0 Å². The van der Waals surface area contributed by atoms with Gasteiger partial charge in [-0.05, 0) is 25.5 Å². The molecule has 1 aromatic rings. The van der Waals surface area contributed by atoms with Crippen LogP contribution in [-0.4, -0.2) is 13.1 Å². The Morgan fingerprint density at radius 1 is 1.29 bits per heavy atom. The topological polar surface area (TPSA) is 4.44 Å². The first-order chi connectivity index (χ1) is 6.80. The van der Waals surface area contributed by atoms with Crippen molar-refractivity contribution in [2.75, 3.05) is 13.1 Å². The summed E-state index contributed by atoms with van der Waals surface area (Å²) in [5.74, 6) is 0. The number of benzene rings is 1. The lowest BCUT2D eigenvalue weighted by Crippen LogP contribution is -3.10. The Hall–Kier alpha value is -1.08. The highest BCUT2D eigenvalue weighted by Gasteiger charge is 2.03. The van der Waals surface area contributed by atoms with Crippen LogP contribution in [-0.2, 0) is 6.54 Å². The fraction of sp³-hybridized carbons (Fsp3) is 0.385. The minimum absolute atomic E-state index is 1.12. The third-order valence-corrected chi connectivity index (χ3v) is 2.64. The standard InChI is InChI=1S/C13H19N/c1-4-12-8-7-9-13(10-12)11-14(5-2)6-3/h4,7-10H,1,5-6,11H2,2-3H3/p+1. The predicted octanol–water partition coefficient (Wildman–Crippen LogP) is 1.75. The molecule has 0 fully saturated rings. The van der Waals surface area contributed by atoms with Crippen molar-refractivity contribution in [3.63, 3.8) is 0 Å². The zero-order chi connectivity index (χ0) is 10.4. The number of hydrogen-bond donors (Lipinski definition) is 1. The SMILES string of the molecule is C=Cc1cccc(C[NH+](CC)CC)c1. The first-order valence-electron chi connectivity index (χ1n) is 5.35. The van der Waals surface area contributed by atoms with E-state index in [1.165, 1.54) is 24.2 Å². The Labute approximate surface area is 87.1 Å². The summed E-state index contributed by atoms with van der Waals surface area (Å²) in [5.41, 5.74) is 2.62. The number of nitrogens with one attached hydrogen (secondary N) is 1. The van der Waals surface area contributed by atoms with Crippen molar-refractivity contribution < 1.29 is 4.90 Å². The van der Waals surface area contributed by atoms with Gasteiger partial charge in [-0.2, -0.15) is 0 Å². The molecule has 1 rings (SSSR count). The fourth-order valence-corrected chi connectivity index (χ4v) is 1.62. The van der Waals surface area contributed by atoms with Crippen LogP contribution in [0.1, 0.15) is 25.0 Å². The van der Waals surface area contributed by atoms with E-state index in [4.69, 9.17) is 0 Å². The van der Waals surface area contributed by atoms with E-state index < -0.39 is 0 Å². The Kier molecular flexibility index (Phi) is 4.41. The van der Waals surface area contributed by atoms with Crippen LogP contribution in [0.2, 0.25) is 0 Å². The molecule has 0 aliphatic rings. The van der Waals surface area contributed by atoms with E-state index in [0.29, 0.717) is 0 Å². The molecule has 0 atom stereocenters. The molecule has 0 saturated carbocycles. The molecule has 1 N–H and O–H groups in total. The maximum Gasteiger partial charge on any atom is 0.103 e. The Morgan fingerprint density at radius 2 is 2.00 bits per heavy atom. The molecule has 0 heterocycles. The van der Waals surface area contributed by atoms with E-state index in [9.17, 15) is 0 Å². The van der Waals surface area contributed by atoms with Crippen LogP contribution >= 0.6 is 0 Å². The zero-order valence-corrected chi connectivity index (χ0v) is 9.22. The smallest absolute Gasteiger partial charge is 0.103 e. The third-order valence-electron chi connectivity index (χ3n) is 2.64. The molecule has 14 heavy (non-hydrogen) atoms. The van der Waals surface area contributed by atoms with Gasteiger partial charge in [0.1, 0.15) is 6.54 Å². The average molecular weight is 190 g/mol. The summed E-state index contributed by atoms with van der Waals surface area (Å²) in [5, 5.41) is 0. The maximum atomic E-state index is 3.78. The lowest BCUT2D eigenvalue weighted by atomic mass is 10.1. The van der Waals surface area contributed by atoms with Crippen molar-refractivity contribution in [2.24, 2.45) is 0 Å². The van der Waals surface area contributed by atoms with Gasteiger partial charge in [-0.25, -0.2) is 0 Å². The fourth-order valence-electron chi connectivity index (χ4n) is 1.62. The van der Waals surface area contributed by atoms with E-state index in [0.717, 1.165) is 6.54 Å². The number of quaternary nitrogens is 1. The minimum atomic E-state index is 1.12. The van der Waals surface area contributed by atoms with Crippen LogP contribution in [0.15, 0.2) is 30.8 Å². The van der Waals surface area contributed by atoms with Crippen molar-refractivity contribution >= 4 is 6.08 Å². The Balaban J connectivity index is 2.70. The second-order valence-corrected chi connectivity index (χ2v) is 3.58. The van der Waals surface area contributed by atoms with Crippen LogP contribution in [0.4, 0.5) is 0 Å². The molecule has 1 aromatic carbocycles. The van der Waals surface area contributed by atoms with Crippen molar-refractivity contribution in [1.29, 1.82) is 0 Å².